The Morgan fingerprint density at radius 1 is 0.825 bits per heavy atom. The Bertz CT molecular complexity index is 1490. The standard InChI is InChI=1S/C31H33N7O2/c39-30(36-24-4-2-1-3-5-24)22-10-12-25(13-11-22)35-29-28-27(33-20-34-29)15-14-26(37-28)21-6-8-23(9-7-21)31(40)38-18-16-32-17-19-38/h6-15,20,24,32H,1-5,16-19H2,(H,36,39)(H,33,34,35). The molecule has 1 aliphatic heterocycles. The summed E-state index contributed by atoms with van der Waals surface area (Å²) < 4.78 is 0. The number of amides is 2. The average Bonchev–Trinajstić information content (AvgIpc) is 3.02. The van der Waals surface area contributed by atoms with E-state index < -0.39 is 0 Å². The average molecular weight is 536 g/mol. The van der Waals surface area contributed by atoms with Gasteiger partial charge in [0.2, 0.25) is 0 Å². The van der Waals surface area contributed by atoms with Gasteiger partial charge < -0.3 is 20.9 Å². The van der Waals surface area contributed by atoms with Gasteiger partial charge in [-0.15, -0.1) is 0 Å². The van der Waals surface area contributed by atoms with Gasteiger partial charge in [0.1, 0.15) is 11.8 Å². The van der Waals surface area contributed by atoms with Gasteiger partial charge >= 0.3 is 0 Å². The highest BCUT2D eigenvalue weighted by molar-refractivity contribution is 5.96. The zero-order chi connectivity index (χ0) is 27.3. The monoisotopic (exact) mass is 535 g/mol. The zero-order valence-corrected chi connectivity index (χ0v) is 22.4. The first-order valence-electron chi connectivity index (χ1n) is 14.0. The molecule has 3 heterocycles. The molecule has 4 aromatic rings. The summed E-state index contributed by atoms with van der Waals surface area (Å²) in [5.41, 5.74) is 5.15. The van der Waals surface area contributed by atoms with Crippen molar-refractivity contribution in [3.63, 3.8) is 0 Å². The first-order chi connectivity index (χ1) is 19.6. The number of carbonyl (C=O) groups excluding carboxylic acids is 2. The summed E-state index contributed by atoms with van der Waals surface area (Å²) in [6, 6.07) is 19.1. The lowest BCUT2D eigenvalue weighted by Crippen LogP contribution is -2.46. The predicted octanol–water partition coefficient (Wildman–Crippen LogP) is 4.54. The molecule has 1 saturated heterocycles. The number of hydrogen-bond acceptors (Lipinski definition) is 7. The van der Waals surface area contributed by atoms with Crippen LogP contribution in [0.1, 0.15) is 52.8 Å². The van der Waals surface area contributed by atoms with Crippen molar-refractivity contribution in [2.24, 2.45) is 0 Å². The van der Waals surface area contributed by atoms with Gasteiger partial charge in [0.15, 0.2) is 5.82 Å². The molecule has 0 spiro atoms. The Balaban J connectivity index is 1.17. The number of carbonyl (C=O) groups is 2. The van der Waals surface area contributed by atoms with E-state index in [-0.39, 0.29) is 17.9 Å². The minimum atomic E-state index is -0.0297. The molecule has 9 nitrogen and oxygen atoms in total. The summed E-state index contributed by atoms with van der Waals surface area (Å²) >= 11 is 0. The molecule has 2 aromatic heterocycles. The van der Waals surface area contributed by atoms with Crippen LogP contribution >= 0.6 is 0 Å². The molecular formula is C31H33N7O2. The molecule has 0 unspecified atom stereocenters. The van der Waals surface area contributed by atoms with Crippen LogP contribution in [0.2, 0.25) is 0 Å². The molecule has 2 amide bonds. The molecule has 1 saturated carbocycles. The topological polar surface area (TPSA) is 112 Å². The van der Waals surface area contributed by atoms with E-state index in [1.165, 1.54) is 25.6 Å². The van der Waals surface area contributed by atoms with Crippen LogP contribution < -0.4 is 16.0 Å². The van der Waals surface area contributed by atoms with E-state index in [0.29, 0.717) is 22.5 Å². The van der Waals surface area contributed by atoms with Gasteiger partial charge in [0.05, 0.1) is 11.2 Å². The van der Waals surface area contributed by atoms with E-state index in [1.54, 1.807) is 0 Å². The highest BCUT2D eigenvalue weighted by Crippen LogP contribution is 2.26. The van der Waals surface area contributed by atoms with Gasteiger partial charge in [0.25, 0.3) is 11.8 Å². The lowest BCUT2D eigenvalue weighted by atomic mass is 9.95. The van der Waals surface area contributed by atoms with Gasteiger partial charge in [0, 0.05) is 54.6 Å². The van der Waals surface area contributed by atoms with Crippen LogP contribution in [0.5, 0.6) is 0 Å². The maximum atomic E-state index is 12.8. The molecular weight excluding hydrogens is 502 g/mol. The number of hydrogen-bond donors (Lipinski definition) is 3. The second-order valence-corrected chi connectivity index (χ2v) is 10.4. The Hall–Kier alpha value is -4.37. The van der Waals surface area contributed by atoms with E-state index in [9.17, 15) is 9.59 Å². The molecule has 2 fully saturated rings. The Labute approximate surface area is 233 Å². The fourth-order valence-corrected chi connectivity index (χ4v) is 5.38. The molecule has 0 radical (unpaired) electrons. The summed E-state index contributed by atoms with van der Waals surface area (Å²) in [4.78, 5) is 41.1. The highest BCUT2D eigenvalue weighted by atomic mass is 16.2. The minimum Gasteiger partial charge on any atom is -0.349 e. The maximum Gasteiger partial charge on any atom is 0.253 e. The van der Waals surface area contributed by atoms with Crippen molar-refractivity contribution < 1.29 is 9.59 Å². The van der Waals surface area contributed by atoms with Crippen LogP contribution in [0.3, 0.4) is 0 Å². The van der Waals surface area contributed by atoms with Gasteiger partial charge in [-0.2, -0.15) is 0 Å². The molecule has 2 aliphatic rings. The first-order valence-corrected chi connectivity index (χ1v) is 14.0. The number of fused-ring (bicyclic) bond motifs is 1. The Morgan fingerprint density at radius 2 is 1.55 bits per heavy atom. The SMILES string of the molecule is O=C(NC1CCCCC1)c1ccc(Nc2ncnc3ccc(-c4ccc(C(=O)N5CCNCC5)cc4)nc23)cc1. The highest BCUT2D eigenvalue weighted by Gasteiger charge is 2.19. The number of benzene rings is 2. The Morgan fingerprint density at radius 3 is 2.30 bits per heavy atom. The minimum absolute atomic E-state index is 0.0297. The van der Waals surface area contributed by atoms with Crippen LogP contribution in [-0.2, 0) is 0 Å². The number of nitrogens with one attached hydrogen (secondary N) is 3. The largest absolute Gasteiger partial charge is 0.349 e. The van der Waals surface area contributed by atoms with E-state index in [4.69, 9.17) is 4.98 Å². The Kier molecular flexibility index (Phi) is 7.63. The quantitative estimate of drug-likeness (QED) is 0.332. The molecule has 3 N–H and O–H groups in total. The lowest BCUT2D eigenvalue weighted by molar-refractivity contribution is 0.0735. The number of piperazine rings is 1. The van der Waals surface area contributed by atoms with E-state index in [0.717, 1.165) is 61.5 Å². The van der Waals surface area contributed by atoms with Gasteiger partial charge in [-0.25, -0.2) is 15.0 Å². The normalized spacial score (nSPS) is 16.1. The van der Waals surface area contributed by atoms with Crippen molar-refractivity contribution in [1.29, 1.82) is 0 Å². The maximum absolute atomic E-state index is 12.8. The van der Waals surface area contributed by atoms with Crippen molar-refractivity contribution in [3.8, 4) is 11.3 Å². The summed E-state index contributed by atoms with van der Waals surface area (Å²) in [5, 5.41) is 9.77. The van der Waals surface area contributed by atoms with Crippen molar-refractivity contribution >= 4 is 34.4 Å². The van der Waals surface area contributed by atoms with Crippen molar-refractivity contribution in [2.45, 2.75) is 38.1 Å². The smallest absolute Gasteiger partial charge is 0.253 e. The number of aromatic nitrogens is 3. The first kappa shape index (κ1) is 25.9. The van der Waals surface area contributed by atoms with Gasteiger partial charge in [-0.1, -0.05) is 31.4 Å². The molecule has 0 atom stereocenters. The summed E-state index contributed by atoms with van der Waals surface area (Å²) in [5.74, 6) is 0.603. The molecule has 204 valence electrons. The predicted molar refractivity (Wildman–Crippen MR) is 156 cm³/mol. The van der Waals surface area contributed by atoms with Crippen LogP contribution in [0, 0.1) is 0 Å². The summed E-state index contributed by atoms with van der Waals surface area (Å²) in [7, 11) is 0. The fraction of sp³-hybridized carbons (Fsp3) is 0.323. The van der Waals surface area contributed by atoms with Crippen LogP contribution in [0.15, 0.2) is 67.0 Å². The summed E-state index contributed by atoms with van der Waals surface area (Å²) in [6.45, 7) is 3.09. The molecule has 1 aliphatic carbocycles. The number of rotatable bonds is 6. The molecule has 2 aromatic carbocycles. The summed E-state index contributed by atoms with van der Waals surface area (Å²) in [6.07, 6.45) is 7.23. The van der Waals surface area contributed by atoms with Crippen molar-refractivity contribution in [3.05, 3.63) is 78.1 Å². The van der Waals surface area contributed by atoms with E-state index >= 15 is 0 Å². The number of nitrogens with zero attached hydrogens (tertiary/aromatic N) is 4. The van der Waals surface area contributed by atoms with E-state index in [2.05, 4.69) is 25.9 Å². The second kappa shape index (κ2) is 11.8. The zero-order valence-electron chi connectivity index (χ0n) is 22.4. The van der Waals surface area contributed by atoms with Crippen molar-refractivity contribution in [1.82, 2.24) is 30.5 Å². The van der Waals surface area contributed by atoms with Crippen LogP contribution in [-0.4, -0.2) is 63.9 Å². The van der Waals surface area contributed by atoms with E-state index in [1.807, 2.05) is 65.6 Å². The third-order valence-corrected chi connectivity index (χ3v) is 7.66. The lowest BCUT2D eigenvalue weighted by Gasteiger charge is -2.27. The second-order valence-electron chi connectivity index (χ2n) is 10.4. The fourth-order valence-electron chi connectivity index (χ4n) is 5.38. The van der Waals surface area contributed by atoms with Crippen molar-refractivity contribution in [2.75, 3.05) is 31.5 Å². The molecule has 40 heavy (non-hydrogen) atoms. The number of pyridine rings is 1. The third-order valence-electron chi connectivity index (χ3n) is 7.66. The molecule has 0 bridgehead atoms. The van der Waals surface area contributed by atoms with Crippen LogP contribution in [0.4, 0.5) is 11.5 Å². The third kappa shape index (κ3) is 5.79. The van der Waals surface area contributed by atoms with Gasteiger partial charge in [-0.3, -0.25) is 9.59 Å². The molecule has 9 heteroatoms. The van der Waals surface area contributed by atoms with Gasteiger partial charge in [-0.05, 0) is 61.4 Å². The van der Waals surface area contributed by atoms with Crippen LogP contribution in [0.25, 0.3) is 22.3 Å². The number of anilines is 2. The molecule has 6 rings (SSSR count).